The van der Waals surface area contributed by atoms with Crippen LogP contribution in [0, 0.1) is 0 Å². The van der Waals surface area contributed by atoms with Crippen LogP contribution in [-0.2, 0) is 15.3 Å². The summed E-state index contributed by atoms with van der Waals surface area (Å²) in [6.07, 6.45) is 2.47. The zero-order valence-corrected chi connectivity index (χ0v) is 21.2. The third-order valence-corrected chi connectivity index (χ3v) is 6.62. The molecule has 9 heteroatoms. The Balaban J connectivity index is 1.67. The van der Waals surface area contributed by atoms with Crippen molar-refractivity contribution in [1.29, 1.82) is 0 Å². The lowest BCUT2D eigenvalue weighted by molar-refractivity contribution is -0.138. The maximum Gasteiger partial charge on any atom is 0.338 e. The van der Waals surface area contributed by atoms with E-state index in [4.69, 9.17) is 26.2 Å². The van der Waals surface area contributed by atoms with E-state index in [0.29, 0.717) is 39.8 Å². The molecule has 1 unspecified atom stereocenters. The lowest BCUT2D eigenvalue weighted by Gasteiger charge is -2.28. The Morgan fingerprint density at radius 1 is 1.26 bits per heavy atom. The summed E-state index contributed by atoms with van der Waals surface area (Å²) in [5, 5.41) is 9.24. The molecular weight excluding hydrogens is 484 g/mol. The zero-order valence-electron chi connectivity index (χ0n) is 19.7. The van der Waals surface area contributed by atoms with Crippen LogP contribution in [0.3, 0.4) is 0 Å². The quantitative estimate of drug-likeness (QED) is 0.202. The van der Waals surface area contributed by atoms with Gasteiger partial charge in [-0.3, -0.25) is 0 Å². The molecule has 0 bridgehead atoms. The fourth-order valence-electron chi connectivity index (χ4n) is 3.70. The van der Waals surface area contributed by atoms with Crippen LogP contribution in [0.4, 0.5) is 5.95 Å². The average molecular weight is 511 g/mol. The molecule has 0 fully saturated rings. The highest BCUT2D eigenvalue weighted by Gasteiger charge is 2.35. The van der Waals surface area contributed by atoms with E-state index < -0.39 is 12.0 Å². The van der Waals surface area contributed by atoms with Crippen LogP contribution in [0.2, 0.25) is 5.02 Å². The van der Waals surface area contributed by atoms with Gasteiger partial charge in [-0.1, -0.05) is 73.3 Å². The molecule has 0 amide bonds. The van der Waals surface area contributed by atoms with Crippen LogP contribution < -0.4 is 10.1 Å². The van der Waals surface area contributed by atoms with Crippen LogP contribution in [0.1, 0.15) is 37.4 Å². The van der Waals surface area contributed by atoms with Gasteiger partial charge in [0.25, 0.3) is 0 Å². The molecule has 0 radical (unpaired) electrons. The van der Waals surface area contributed by atoms with E-state index in [0.717, 1.165) is 23.3 Å². The molecule has 3 aromatic rings. The molecule has 2 aromatic carbocycles. The van der Waals surface area contributed by atoms with Gasteiger partial charge < -0.3 is 14.8 Å². The second-order valence-electron chi connectivity index (χ2n) is 7.91. The zero-order chi connectivity index (χ0) is 24.8. The molecule has 2 heterocycles. The van der Waals surface area contributed by atoms with Gasteiger partial charge in [0.1, 0.15) is 18.4 Å². The number of nitrogens with zero attached hydrogens (tertiary/aromatic N) is 3. The van der Waals surface area contributed by atoms with Crippen molar-refractivity contribution in [3.63, 3.8) is 0 Å². The number of esters is 1. The predicted molar refractivity (Wildman–Crippen MR) is 139 cm³/mol. The molecule has 0 saturated carbocycles. The van der Waals surface area contributed by atoms with Crippen molar-refractivity contribution in [3.8, 4) is 5.75 Å². The number of hydrogen-bond donors (Lipinski definition) is 1. The minimum atomic E-state index is -0.508. The number of carbonyl (C=O) groups excluding carboxylic acids is 1. The van der Waals surface area contributed by atoms with E-state index in [2.05, 4.69) is 23.8 Å². The monoisotopic (exact) mass is 510 g/mol. The third kappa shape index (κ3) is 5.71. The summed E-state index contributed by atoms with van der Waals surface area (Å²) in [6.45, 7) is 8.30. The van der Waals surface area contributed by atoms with E-state index in [1.54, 1.807) is 10.8 Å². The largest absolute Gasteiger partial charge is 0.494 e. The molecule has 0 spiro atoms. The molecule has 0 saturated heterocycles. The standard InChI is InChI=1S/C26H27ClN4O3S/c1-4-14-33-20-12-10-18(11-13-20)23-22(24(32)34-15-5-2)17(3)28-25-29-26(30-31(23)25)35-16-19-8-6-7-9-21(19)27/h5-13,23H,2,4,14-16H2,1,3H3,(H,28,29,30). The molecule has 1 N–H and O–H groups in total. The van der Waals surface area contributed by atoms with Gasteiger partial charge in [0, 0.05) is 16.5 Å². The first-order chi connectivity index (χ1) is 17.0. The average Bonchev–Trinajstić information content (AvgIpc) is 3.27. The van der Waals surface area contributed by atoms with Crippen LogP contribution in [-0.4, -0.2) is 33.9 Å². The molecule has 1 atom stereocenters. The van der Waals surface area contributed by atoms with Crippen LogP contribution in [0.25, 0.3) is 0 Å². The highest BCUT2D eigenvalue weighted by Crippen LogP contribution is 2.37. The van der Waals surface area contributed by atoms with Crippen molar-refractivity contribution in [2.24, 2.45) is 0 Å². The van der Waals surface area contributed by atoms with E-state index in [9.17, 15) is 4.79 Å². The maximum atomic E-state index is 13.1. The van der Waals surface area contributed by atoms with Crippen LogP contribution in [0.15, 0.2) is 77.6 Å². The first-order valence-electron chi connectivity index (χ1n) is 11.3. The molecular formula is C26H27ClN4O3S. The minimum absolute atomic E-state index is 0.120. The molecule has 1 aliphatic rings. The normalized spacial score (nSPS) is 14.8. The van der Waals surface area contributed by atoms with Crippen molar-refractivity contribution in [3.05, 3.63) is 88.6 Å². The number of fused-ring (bicyclic) bond motifs is 1. The van der Waals surface area contributed by atoms with Gasteiger partial charge in [-0.15, -0.1) is 5.10 Å². The van der Waals surface area contributed by atoms with E-state index in [-0.39, 0.29) is 6.61 Å². The summed E-state index contributed by atoms with van der Waals surface area (Å²) in [7, 11) is 0. The molecule has 4 rings (SSSR count). The summed E-state index contributed by atoms with van der Waals surface area (Å²) in [5.74, 6) is 1.52. The smallest absolute Gasteiger partial charge is 0.338 e. The number of carbonyl (C=O) groups is 1. The van der Waals surface area contributed by atoms with Crippen molar-refractivity contribution in [1.82, 2.24) is 14.8 Å². The molecule has 182 valence electrons. The molecule has 0 aliphatic carbocycles. The maximum absolute atomic E-state index is 13.1. The Bertz CT molecular complexity index is 1240. The van der Waals surface area contributed by atoms with Gasteiger partial charge in [0.15, 0.2) is 0 Å². The fourth-order valence-corrected chi connectivity index (χ4v) is 4.82. The number of halogens is 1. The van der Waals surface area contributed by atoms with Gasteiger partial charge in [-0.2, -0.15) is 4.98 Å². The molecule has 1 aromatic heterocycles. The van der Waals surface area contributed by atoms with E-state index in [1.165, 1.54) is 11.8 Å². The lowest BCUT2D eigenvalue weighted by atomic mass is 9.96. The number of ether oxygens (including phenoxy) is 2. The Labute approximate surface area is 214 Å². The SMILES string of the molecule is C=CCOC(=O)C1=C(C)Nc2nc(SCc3ccccc3Cl)nn2C1c1ccc(OCCC)cc1. The number of rotatable bonds is 10. The number of hydrogen-bond acceptors (Lipinski definition) is 7. The van der Waals surface area contributed by atoms with E-state index in [1.807, 2.05) is 55.5 Å². The lowest BCUT2D eigenvalue weighted by Crippen LogP contribution is -2.29. The number of thioether (sulfide) groups is 1. The van der Waals surface area contributed by atoms with Gasteiger partial charge in [-0.05, 0) is 42.7 Å². The summed E-state index contributed by atoms with van der Waals surface area (Å²) in [6, 6.07) is 14.9. The topological polar surface area (TPSA) is 78.3 Å². The summed E-state index contributed by atoms with van der Waals surface area (Å²) < 4.78 is 12.9. The Kier molecular flexibility index (Phi) is 8.15. The number of anilines is 1. The number of nitrogens with one attached hydrogen (secondary N) is 1. The highest BCUT2D eigenvalue weighted by molar-refractivity contribution is 7.98. The number of aromatic nitrogens is 3. The van der Waals surface area contributed by atoms with Gasteiger partial charge in [-0.25, -0.2) is 9.48 Å². The van der Waals surface area contributed by atoms with Gasteiger partial charge in [0.05, 0.1) is 12.2 Å². The Hall–Kier alpha value is -3.23. The van der Waals surface area contributed by atoms with Crippen molar-refractivity contribution in [2.45, 2.75) is 37.2 Å². The minimum Gasteiger partial charge on any atom is -0.494 e. The van der Waals surface area contributed by atoms with Crippen molar-refractivity contribution < 1.29 is 14.3 Å². The molecule has 35 heavy (non-hydrogen) atoms. The Morgan fingerprint density at radius 2 is 2.03 bits per heavy atom. The number of allylic oxidation sites excluding steroid dienone is 1. The molecule has 1 aliphatic heterocycles. The fraction of sp³-hybridized carbons (Fsp3) is 0.269. The third-order valence-electron chi connectivity index (χ3n) is 5.37. The van der Waals surface area contributed by atoms with E-state index >= 15 is 0 Å². The van der Waals surface area contributed by atoms with Gasteiger partial charge in [0.2, 0.25) is 11.1 Å². The summed E-state index contributed by atoms with van der Waals surface area (Å²) in [4.78, 5) is 17.7. The van der Waals surface area contributed by atoms with Gasteiger partial charge >= 0.3 is 5.97 Å². The summed E-state index contributed by atoms with van der Waals surface area (Å²) >= 11 is 7.79. The van der Waals surface area contributed by atoms with Crippen LogP contribution >= 0.6 is 23.4 Å². The number of benzene rings is 2. The summed E-state index contributed by atoms with van der Waals surface area (Å²) in [5.41, 5.74) is 3.00. The first kappa shape index (κ1) is 24.9. The molecule has 7 nitrogen and oxygen atoms in total. The van der Waals surface area contributed by atoms with Crippen molar-refractivity contribution in [2.75, 3.05) is 18.5 Å². The second-order valence-corrected chi connectivity index (χ2v) is 9.26. The van der Waals surface area contributed by atoms with Crippen LogP contribution in [0.5, 0.6) is 5.75 Å². The highest BCUT2D eigenvalue weighted by atomic mass is 35.5. The van der Waals surface area contributed by atoms with Crippen molar-refractivity contribution >= 4 is 35.3 Å². The Morgan fingerprint density at radius 3 is 2.74 bits per heavy atom. The first-order valence-corrected chi connectivity index (χ1v) is 12.7. The predicted octanol–water partition coefficient (Wildman–Crippen LogP) is 6.03. The second kappa shape index (κ2) is 11.5.